The number of phenolic OH excluding ortho intramolecular Hbond substituents is 1. The highest BCUT2D eigenvalue weighted by molar-refractivity contribution is 5.52. The molecule has 0 fully saturated rings. The lowest BCUT2D eigenvalue weighted by atomic mass is 10.1. The molecule has 5 heteroatoms. The second-order valence-corrected chi connectivity index (χ2v) is 3.11. The number of aromatic hydroxyl groups is 1. The maximum absolute atomic E-state index is 9.79. The van der Waals surface area contributed by atoms with E-state index in [4.69, 9.17) is 20.9 Å². The highest BCUT2D eigenvalue weighted by atomic mass is 16.5. The highest BCUT2D eigenvalue weighted by Crippen LogP contribution is 2.36. The Bertz CT molecular complexity index is 342. The van der Waals surface area contributed by atoms with E-state index in [-0.39, 0.29) is 12.3 Å². The van der Waals surface area contributed by atoms with E-state index in [1.807, 2.05) is 0 Å². The van der Waals surface area contributed by atoms with Gasteiger partial charge in [-0.3, -0.25) is 0 Å². The average Bonchev–Trinajstić information content (AvgIpc) is 2.28. The monoisotopic (exact) mass is 212 g/mol. The summed E-state index contributed by atoms with van der Waals surface area (Å²) >= 11 is 0. The van der Waals surface area contributed by atoms with Crippen molar-refractivity contribution in [2.45, 2.75) is 6.04 Å². The summed E-state index contributed by atoms with van der Waals surface area (Å²) in [6.07, 6.45) is 0. The molecule has 0 saturated carbocycles. The summed E-state index contributed by atoms with van der Waals surface area (Å²) in [5.41, 5.74) is 11.7. The molecule has 0 bridgehead atoms. The molecule has 0 unspecified atom stereocenters. The molecular formula is C10H16N2O3. The van der Waals surface area contributed by atoms with Crippen LogP contribution in [0.25, 0.3) is 0 Å². The Hall–Kier alpha value is -1.46. The Labute approximate surface area is 88.6 Å². The quantitative estimate of drug-likeness (QED) is 0.670. The van der Waals surface area contributed by atoms with Gasteiger partial charge >= 0.3 is 0 Å². The van der Waals surface area contributed by atoms with Gasteiger partial charge in [0.05, 0.1) is 14.2 Å². The zero-order valence-corrected chi connectivity index (χ0v) is 8.86. The summed E-state index contributed by atoms with van der Waals surface area (Å²) in [6, 6.07) is 2.80. The second-order valence-electron chi connectivity index (χ2n) is 3.11. The minimum absolute atomic E-state index is 0.0104. The van der Waals surface area contributed by atoms with E-state index < -0.39 is 6.04 Å². The van der Waals surface area contributed by atoms with Gasteiger partial charge in [0.2, 0.25) is 0 Å². The van der Waals surface area contributed by atoms with E-state index >= 15 is 0 Å². The predicted octanol–water partition coefficient (Wildman–Crippen LogP) is 0.368. The maximum atomic E-state index is 9.79. The Morgan fingerprint density at radius 3 is 2.47 bits per heavy atom. The molecule has 5 N–H and O–H groups in total. The van der Waals surface area contributed by atoms with Crippen molar-refractivity contribution in [1.29, 1.82) is 0 Å². The van der Waals surface area contributed by atoms with Crippen molar-refractivity contribution >= 4 is 0 Å². The number of nitrogens with two attached hydrogens (primary N) is 2. The summed E-state index contributed by atoms with van der Waals surface area (Å²) in [4.78, 5) is 0. The Balaban J connectivity index is 3.23. The maximum Gasteiger partial charge on any atom is 0.164 e. The second kappa shape index (κ2) is 4.86. The first-order chi connectivity index (χ1) is 7.13. The van der Waals surface area contributed by atoms with E-state index in [1.165, 1.54) is 14.2 Å². The smallest absolute Gasteiger partial charge is 0.164 e. The van der Waals surface area contributed by atoms with Gasteiger partial charge in [-0.1, -0.05) is 0 Å². The van der Waals surface area contributed by atoms with Gasteiger partial charge in [0.25, 0.3) is 0 Å². The lowest BCUT2D eigenvalue weighted by Crippen LogP contribution is -2.21. The van der Waals surface area contributed by atoms with Crippen molar-refractivity contribution in [3.05, 3.63) is 17.7 Å². The van der Waals surface area contributed by atoms with Crippen molar-refractivity contribution in [3.8, 4) is 17.2 Å². The molecule has 0 heterocycles. The zero-order chi connectivity index (χ0) is 11.4. The van der Waals surface area contributed by atoms with Crippen LogP contribution in [0.1, 0.15) is 11.6 Å². The van der Waals surface area contributed by atoms with Crippen LogP contribution in [0.4, 0.5) is 0 Å². The molecule has 1 atom stereocenters. The van der Waals surface area contributed by atoms with Gasteiger partial charge in [-0.2, -0.15) is 0 Å². The van der Waals surface area contributed by atoms with Crippen LogP contribution < -0.4 is 20.9 Å². The normalized spacial score (nSPS) is 12.3. The molecule has 1 rings (SSSR count). The average molecular weight is 212 g/mol. The summed E-state index contributed by atoms with van der Waals surface area (Å²) in [7, 11) is 3.00. The topological polar surface area (TPSA) is 90.7 Å². The number of methoxy groups -OCH3 is 2. The third kappa shape index (κ3) is 2.31. The van der Waals surface area contributed by atoms with Crippen LogP contribution in [0, 0.1) is 0 Å². The van der Waals surface area contributed by atoms with Gasteiger partial charge in [-0.05, 0) is 6.07 Å². The van der Waals surface area contributed by atoms with Gasteiger partial charge in [0, 0.05) is 24.2 Å². The largest absolute Gasteiger partial charge is 0.504 e. The van der Waals surface area contributed by atoms with Crippen LogP contribution in [0.3, 0.4) is 0 Å². The van der Waals surface area contributed by atoms with Crippen molar-refractivity contribution < 1.29 is 14.6 Å². The highest BCUT2D eigenvalue weighted by Gasteiger charge is 2.15. The molecule has 1 aromatic rings. The van der Waals surface area contributed by atoms with Gasteiger partial charge in [0.15, 0.2) is 11.5 Å². The first kappa shape index (κ1) is 11.6. The zero-order valence-electron chi connectivity index (χ0n) is 8.86. The molecule has 15 heavy (non-hydrogen) atoms. The number of rotatable bonds is 4. The van der Waals surface area contributed by atoms with Gasteiger partial charge < -0.3 is 26.0 Å². The van der Waals surface area contributed by atoms with Crippen molar-refractivity contribution in [2.24, 2.45) is 11.5 Å². The fourth-order valence-corrected chi connectivity index (χ4v) is 1.29. The molecule has 0 aliphatic heterocycles. The molecular weight excluding hydrogens is 196 g/mol. The molecule has 5 nitrogen and oxygen atoms in total. The van der Waals surface area contributed by atoms with Crippen LogP contribution in [0.15, 0.2) is 12.1 Å². The number of hydrogen-bond acceptors (Lipinski definition) is 5. The molecule has 0 aromatic heterocycles. The Kier molecular flexibility index (Phi) is 3.76. The number of hydrogen-bond donors (Lipinski definition) is 3. The molecule has 0 amide bonds. The SMILES string of the molecule is COc1cc(OC)c(O)c([C@@H](N)CN)c1. The molecule has 1 aromatic carbocycles. The van der Waals surface area contributed by atoms with E-state index in [1.54, 1.807) is 12.1 Å². The molecule has 0 aliphatic rings. The predicted molar refractivity (Wildman–Crippen MR) is 57.2 cm³/mol. The van der Waals surface area contributed by atoms with Crippen molar-refractivity contribution in [3.63, 3.8) is 0 Å². The Morgan fingerprint density at radius 2 is 2.00 bits per heavy atom. The standard InChI is InChI=1S/C10H16N2O3/c1-14-6-3-7(8(12)5-11)10(13)9(4-6)15-2/h3-4,8,13H,5,11-12H2,1-2H3/t8-/m0/s1. The fraction of sp³-hybridized carbons (Fsp3) is 0.400. The van der Waals surface area contributed by atoms with E-state index in [9.17, 15) is 5.11 Å². The first-order valence-corrected chi connectivity index (χ1v) is 4.54. The van der Waals surface area contributed by atoms with Crippen molar-refractivity contribution in [1.82, 2.24) is 0 Å². The summed E-state index contributed by atoms with van der Waals surface area (Å²) in [5, 5.41) is 9.79. The van der Waals surface area contributed by atoms with Crippen molar-refractivity contribution in [2.75, 3.05) is 20.8 Å². The lowest BCUT2D eigenvalue weighted by Gasteiger charge is -2.15. The van der Waals surface area contributed by atoms with E-state index in [0.717, 1.165) is 0 Å². The van der Waals surface area contributed by atoms with E-state index in [2.05, 4.69) is 0 Å². The van der Waals surface area contributed by atoms with Gasteiger partial charge in [-0.25, -0.2) is 0 Å². The third-order valence-corrected chi connectivity index (χ3v) is 2.19. The fourth-order valence-electron chi connectivity index (χ4n) is 1.29. The van der Waals surface area contributed by atoms with Crippen LogP contribution in [-0.2, 0) is 0 Å². The molecule has 0 aliphatic carbocycles. The minimum atomic E-state index is -0.436. The summed E-state index contributed by atoms with van der Waals surface area (Å²) < 4.78 is 10.1. The lowest BCUT2D eigenvalue weighted by molar-refractivity contribution is 0.359. The van der Waals surface area contributed by atoms with Crippen LogP contribution >= 0.6 is 0 Å². The number of phenols is 1. The van der Waals surface area contributed by atoms with Gasteiger partial charge in [0.1, 0.15) is 5.75 Å². The molecule has 84 valence electrons. The van der Waals surface area contributed by atoms with E-state index in [0.29, 0.717) is 17.1 Å². The minimum Gasteiger partial charge on any atom is -0.504 e. The molecule has 0 radical (unpaired) electrons. The third-order valence-electron chi connectivity index (χ3n) is 2.19. The summed E-state index contributed by atoms with van der Waals surface area (Å²) in [5.74, 6) is 0.910. The number of ether oxygens (including phenoxy) is 2. The van der Waals surface area contributed by atoms with Crippen LogP contribution in [0.5, 0.6) is 17.2 Å². The number of benzene rings is 1. The summed E-state index contributed by atoms with van der Waals surface area (Å²) in [6.45, 7) is 0.240. The molecule has 0 saturated heterocycles. The van der Waals surface area contributed by atoms with Crippen LogP contribution in [0.2, 0.25) is 0 Å². The first-order valence-electron chi connectivity index (χ1n) is 4.54. The molecule has 0 spiro atoms. The Morgan fingerprint density at radius 1 is 1.33 bits per heavy atom. The van der Waals surface area contributed by atoms with Gasteiger partial charge in [-0.15, -0.1) is 0 Å². The van der Waals surface area contributed by atoms with Crippen LogP contribution in [-0.4, -0.2) is 25.9 Å².